The summed E-state index contributed by atoms with van der Waals surface area (Å²) in [6.45, 7) is 0. The van der Waals surface area contributed by atoms with Gasteiger partial charge in [0.25, 0.3) is 0 Å². The van der Waals surface area contributed by atoms with E-state index >= 15 is 0 Å². The molecule has 2 nitrogen and oxygen atoms in total. The summed E-state index contributed by atoms with van der Waals surface area (Å²) in [5.41, 5.74) is 14.7. The van der Waals surface area contributed by atoms with E-state index in [0.717, 1.165) is 0 Å². The van der Waals surface area contributed by atoms with Crippen molar-refractivity contribution in [1.82, 2.24) is 9.13 Å². The summed E-state index contributed by atoms with van der Waals surface area (Å²) in [6.07, 6.45) is 0. The van der Waals surface area contributed by atoms with E-state index in [-0.39, 0.29) is 0 Å². The number of fused-ring (bicyclic) bond motifs is 14. The van der Waals surface area contributed by atoms with Crippen LogP contribution in [0.15, 0.2) is 192 Å². The molecule has 10 aromatic rings. The van der Waals surface area contributed by atoms with Crippen molar-refractivity contribution in [3.63, 3.8) is 0 Å². The molecule has 0 saturated carbocycles. The standard InChI is InChI=1S/C49H30N2S/c1-2-13-33(14-3-1)50-42-21-8-5-16-35(42)37-29-31(25-27-44(37)50)32-26-28-47-41(30-32)49(39-19-7-11-24-46(39)52-47)38-18-6-10-23-45(38)51-43-22-9-4-15-34(43)36-17-12-20-40(49)48(36)51/h1-30H. The highest BCUT2D eigenvalue weighted by atomic mass is 32.2. The molecule has 8 aromatic carbocycles. The maximum atomic E-state index is 2.52. The zero-order valence-corrected chi connectivity index (χ0v) is 28.9. The lowest BCUT2D eigenvalue weighted by Crippen LogP contribution is -2.37. The molecule has 0 bridgehead atoms. The summed E-state index contributed by atoms with van der Waals surface area (Å²) in [5, 5.41) is 5.13. The summed E-state index contributed by atoms with van der Waals surface area (Å²) >= 11 is 1.90. The second-order valence-corrected chi connectivity index (χ2v) is 15.1. The molecule has 1 unspecified atom stereocenters. The fourth-order valence-electron chi connectivity index (χ4n) is 9.51. The highest BCUT2D eigenvalue weighted by molar-refractivity contribution is 7.99. The number of benzene rings is 8. The van der Waals surface area contributed by atoms with E-state index < -0.39 is 5.41 Å². The van der Waals surface area contributed by atoms with E-state index in [9.17, 15) is 0 Å². The van der Waals surface area contributed by atoms with Gasteiger partial charge in [-0.1, -0.05) is 133 Å². The number of hydrogen-bond donors (Lipinski definition) is 0. The van der Waals surface area contributed by atoms with Crippen LogP contribution >= 0.6 is 11.8 Å². The molecule has 52 heavy (non-hydrogen) atoms. The molecule has 242 valence electrons. The Morgan fingerprint density at radius 1 is 0.365 bits per heavy atom. The van der Waals surface area contributed by atoms with Gasteiger partial charge in [0, 0.05) is 37.0 Å². The number of hydrogen-bond acceptors (Lipinski definition) is 1. The second-order valence-electron chi connectivity index (χ2n) is 14.1. The quantitative estimate of drug-likeness (QED) is 0.177. The molecule has 2 aliphatic heterocycles. The summed E-state index contributed by atoms with van der Waals surface area (Å²) in [4.78, 5) is 2.62. The van der Waals surface area contributed by atoms with E-state index in [0.29, 0.717) is 0 Å². The van der Waals surface area contributed by atoms with Gasteiger partial charge in [-0.15, -0.1) is 0 Å². The Balaban J connectivity index is 1.17. The topological polar surface area (TPSA) is 9.86 Å². The third kappa shape index (κ3) is 3.56. The minimum Gasteiger partial charge on any atom is -0.309 e. The van der Waals surface area contributed by atoms with Crippen LogP contribution in [0.2, 0.25) is 0 Å². The fourth-order valence-corrected chi connectivity index (χ4v) is 10.7. The Morgan fingerprint density at radius 2 is 0.962 bits per heavy atom. The van der Waals surface area contributed by atoms with Gasteiger partial charge in [-0.25, -0.2) is 0 Å². The number of aromatic nitrogens is 2. The molecule has 0 saturated heterocycles. The molecular weight excluding hydrogens is 649 g/mol. The van der Waals surface area contributed by atoms with E-state index in [4.69, 9.17) is 0 Å². The first kappa shape index (κ1) is 28.4. The maximum Gasteiger partial charge on any atom is 0.0764 e. The predicted octanol–water partition coefficient (Wildman–Crippen LogP) is 12.7. The zero-order chi connectivity index (χ0) is 34.0. The lowest BCUT2D eigenvalue weighted by atomic mass is 9.62. The Kier molecular flexibility index (Phi) is 5.67. The first-order valence-corrected chi connectivity index (χ1v) is 18.8. The number of nitrogens with zero attached hydrogens (tertiary/aromatic N) is 2. The van der Waals surface area contributed by atoms with Gasteiger partial charge in [-0.05, 0) is 94.0 Å². The smallest absolute Gasteiger partial charge is 0.0764 e. The number of para-hydroxylation sites is 5. The summed E-state index contributed by atoms with van der Waals surface area (Å²) in [7, 11) is 0. The molecule has 0 amide bonds. The van der Waals surface area contributed by atoms with Crippen LogP contribution in [0.1, 0.15) is 22.3 Å². The van der Waals surface area contributed by atoms with Gasteiger partial charge in [0.1, 0.15) is 0 Å². The van der Waals surface area contributed by atoms with Crippen molar-refractivity contribution in [2.45, 2.75) is 15.2 Å². The van der Waals surface area contributed by atoms with Gasteiger partial charge < -0.3 is 9.13 Å². The Morgan fingerprint density at radius 3 is 1.83 bits per heavy atom. The van der Waals surface area contributed by atoms with Crippen LogP contribution in [-0.2, 0) is 5.41 Å². The SMILES string of the molecule is c1ccc(-n2c3ccccc3c3cc(-c4ccc5c(c4)C4(c6ccccc6S5)c5ccccc5-n5c6ccccc6c6cccc4c65)ccc32)cc1. The molecule has 0 radical (unpaired) electrons. The molecule has 2 aromatic heterocycles. The van der Waals surface area contributed by atoms with Crippen molar-refractivity contribution in [2.24, 2.45) is 0 Å². The zero-order valence-electron chi connectivity index (χ0n) is 28.1. The minimum atomic E-state index is -0.499. The van der Waals surface area contributed by atoms with Gasteiger partial charge in [0.15, 0.2) is 0 Å². The normalized spacial score (nSPS) is 15.7. The summed E-state index contributed by atoms with van der Waals surface area (Å²) < 4.78 is 4.91. The maximum absolute atomic E-state index is 2.52. The third-order valence-corrected chi connectivity index (χ3v) is 12.7. The van der Waals surface area contributed by atoms with Crippen LogP contribution < -0.4 is 0 Å². The molecule has 12 rings (SSSR count). The Labute approximate surface area is 305 Å². The fraction of sp³-hybridized carbons (Fsp3) is 0.0204. The first-order chi connectivity index (χ1) is 25.8. The summed E-state index contributed by atoms with van der Waals surface area (Å²) in [5.74, 6) is 0. The highest BCUT2D eigenvalue weighted by Gasteiger charge is 2.49. The van der Waals surface area contributed by atoms with Crippen LogP contribution in [-0.4, -0.2) is 9.13 Å². The lowest BCUT2D eigenvalue weighted by Gasteiger charge is -2.45. The van der Waals surface area contributed by atoms with Crippen molar-refractivity contribution < 1.29 is 0 Å². The third-order valence-electron chi connectivity index (χ3n) is 11.6. The first-order valence-electron chi connectivity index (χ1n) is 17.9. The van der Waals surface area contributed by atoms with Crippen molar-refractivity contribution in [3.8, 4) is 22.5 Å². The van der Waals surface area contributed by atoms with Gasteiger partial charge in [-0.2, -0.15) is 0 Å². The Bertz CT molecular complexity index is 3110. The van der Waals surface area contributed by atoms with E-state index in [2.05, 4.69) is 191 Å². The molecule has 1 spiro atoms. The number of rotatable bonds is 2. The van der Waals surface area contributed by atoms with E-state index in [1.165, 1.54) is 98.2 Å². The van der Waals surface area contributed by atoms with Gasteiger partial charge in [-0.3, -0.25) is 0 Å². The van der Waals surface area contributed by atoms with Crippen LogP contribution in [0.3, 0.4) is 0 Å². The predicted molar refractivity (Wildman–Crippen MR) is 217 cm³/mol. The molecule has 4 heterocycles. The van der Waals surface area contributed by atoms with E-state index in [1.807, 2.05) is 11.8 Å². The van der Waals surface area contributed by atoms with Gasteiger partial charge >= 0.3 is 0 Å². The molecule has 0 fully saturated rings. The molecule has 1 atom stereocenters. The second kappa shape index (κ2) is 10.4. The van der Waals surface area contributed by atoms with Crippen molar-refractivity contribution in [1.29, 1.82) is 0 Å². The van der Waals surface area contributed by atoms with Crippen LogP contribution in [0.25, 0.3) is 66.1 Å². The van der Waals surface area contributed by atoms with Gasteiger partial charge in [0.05, 0.1) is 33.2 Å². The monoisotopic (exact) mass is 678 g/mol. The van der Waals surface area contributed by atoms with Crippen LogP contribution in [0.4, 0.5) is 0 Å². The van der Waals surface area contributed by atoms with Crippen molar-refractivity contribution in [3.05, 3.63) is 204 Å². The van der Waals surface area contributed by atoms with Crippen molar-refractivity contribution >= 4 is 55.4 Å². The molecular formula is C49H30N2S. The summed E-state index contributed by atoms with van der Waals surface area (Å²) in [6, 6.07) is 67.8. The van der Waals surface area contributed by atoms with Crippen LogP contribution in [0, 0.1) is 0 Å². The lowest BCUT2D eigenvalue weighted by molar-refractivity contribution is 0.690. The Hall–Kier alpha value is -6.29. The highest BCUT2D eigenvalue weighted by Crippen LogP contribution is 2.60. The van der Waals surface area contributed by atoms with Crippen molar-refractivity contribution in [2.75, 3.05) is 0 Å². The minimum absolute atomic E-state index is 0.499. The average Bonchev–Trinajstić information content (AvgIpc) is 3.73. The molecule has 0 N–H and O–H groups in total. The van der Waals surface area contributed by atoms with E-state index in [1.54, 1.807) is 0 Å². The van der Waals surface area contributed by atoms with Crippen LogP contribution in [0.5, 0.6) is 0 Å². The van der Waals surface area contributed by atoms with Gasteiger partial charge in [0.2, 0.25) is 0 Å². The largest absolute Gasteiger partial charge is 0.309 e. The molecule has 3 heteroatoms. The average molecular weight is 679 g/mol. The molecule has 0 aliphatic carbocycles. The molecule has 2 aliphatic rings.